The summed E-state index contributed by atoms with van der Waals surface area (Å²) in [5, 5.41) is 4.71. The van der Waals surface area contributed by atoms with Crippen LogP contribution >= 0.6 is 11.3 Å². The van der Waals surface area contributed by atoms with Crippen LogP contribution in [0.1, 0.15) is 75.9 Å². The number of anilines is 1. The van der Waals surface area contributed by atoms with Gasteiger partial charge in [0.25, 0.3) is 5.56 Å². The second-order valence-electron chi connectivity index (χ2n) is 9.07. The molecule has 2 aliphatic rings. The van der Waals surface area contributed by atoms with Crippen LogP contribution < -0.4 is 10.9 Å². The van der Waals surface area contributed by atoms with E-state index in [1.165, 1.54) is 28.4 Å². The summed E-state index contributed by atoms with van der Waals surface area (Å²) in [7, 11) is -3.54. The van der Waals surface area contributed by atoms with Crippen molar-refractivity contribution in [1.29, 1.82) is 0 Å². The number of aromatic nitrogens is 2. The Balaban J connectivity index is 1.67. The van der Waals surface area contributed by atoms with Crippen LogP contribution in [0, 0.1) is 12.8 Å². The van der Waals surface area contributed by atoms with E-state index in [0.717, 1.165) is 38.5 Å². The lowest BCUT2D eigenvalue weighted by Gasteiger charge is -2.28. The summed E-state index contributed by atoms with van der Waals surface area (Å²) in [6.07, 6.45) is 10.8. The zero-order chi connectivity index (χ0) is 22.7. The van der Waals surface area contributed by atoms with Crippen molar-refractivity contribution in [1.82, 2.24) is 9.55 Å². The van der Waals surface area contributed by atoms with Gasteiger partial charge in [0.15, 0.2) is 15.0 Å². The molecule has 1 atom stereocenters. The van der Waals surface area contributed by atoms with Crippen LogP contribution in [-0.2, 0) is 14.6 Å². The molecule has 1 N–H and O–H groups in total. The minimum absolute atomic E-state index is 0.0832. The maximum absolute atomic E-state index is 13.3. The van der Waals surface area contributed by atoms with Crippen molar-refractivity contribution in [2.24, 2.45) is 5.92 Å². The molecule has 2 fully saturated rings. The van der Waals surface area contributed by atoms with Gasteiger partial charge >= 0.3 is 0 Å². The van der Waals surface area contributed by atoms with E-state index in [-0.39, 0.29) is 10.8 Å². The number of thiazole rings is 1. The first-order valence-electron chi connectivity index (χ1n) is 11.5. The average Bonchev–Trinajstić information content (AvgIpc) is 3.48. The van der Waals surface area contributed by atoms with Crippen molar-refractivity contribution in [3.05, 3.63) is 39.8 Å². The van der Waals surface area contributed by atoms with Crippen LogP contribution in [0.25, 0.3) is 0 Å². The van der Waals surface area contributed by atoms with Crippen molar-refractivity contribution in [2.75, 3.05) is 5.32 Å². The first-order valence-corrected chi connectivity index (χ1v) is 14.0. The molecule has 32 heavy (non-hydrogen) atoms. The zero-order valence-corrected chi connectivity index (χ0v) is 20.1. The van der Waals surface area contributed by atoms with Crippen LogP contribution in [0.2, 0.25) is 0 Å². The Labute approximate surface area is 193 Å². The van der Waals surface area contributed by atoms with Crippen LogP contribution in [0.4, 0.5) is 5.13 Å². The maximum Gasteiger partial charge on any atom is 0.252 e. The van der Waals surface area contributed by atoms with Gasteiger partial charge in [-0.2, -0.15) is 0 Å². The highest BCUT2D eigenvalue weighted by atomic mass is 32.2. The Hall–Kier alpha value is -2.00. The Bertz CT molecular complexity index is 1100. The molecule has 0 bridgehead atoms. The largest absolute Gasteiger partial charge is 0.300 e. The number of hydrogen-bond donors (Lipinski definition) is 1. The lowest BCUT2D eigenvalue weighted by atomic mass is 9.84. The number of hydrogen-bond acceptors (Lipinski definition) is 6. The lowest BCUT2D eigenvalue weighted by molar-refractivity contribution is -0.120. The van der Waals surface area contributed by atoms with E-state index in [1.807, 2.05) is 0 Å². The van der Waals surface area contributed by atoms with E-state index in [2.05, 4.69) is 10.3 Å². The van der Waals surface area contributed by atoms with Crippen LogP contribution in [0.15, 0.2) is 33.4 Å². The number of nitrogens with zero attached hydrogens (tertiary/aromatic N) is 2. The number of sulfone groups is 1. The molecule has 0 unspecified atom stereocenters. The molecule has 174 valence electrons. The highest BCUT2D eigenvalue weighted by molar-refractivity contribution is 7.92. The number of nitrogens with one attached hydrogen (secondary N) is 1. The molecule has 7 nitrogen and oxygen atoms in total. The molecular formula is C23H31N3O4S2. The molecule has 0 spiro atoms. The first-order chi connectivity index (χ1) is 15.4. The second-order valence-corrected chi connectivity index (χ2v) is 12.2. The summed E-state index contributed by atoms with van der Waals surface area (Å²) in [5.74, 6) is 0.0890. The monoisotopic (exact) mass is 477 g/mol. The maximum atomic E-state index is 13.3. The summed E-state index contributed by atoms with van der Waals surface area (Å²) >= 11 is 1.33. The lowest BCUT2D eigenvalue weighted by Crippen LogP contribution is -2.36. The summed E-state index contributed by atoms with van der Waals surface area (Å²) in [6.45, 7) is 1.72. The summed E-state index contributed by atoms with van der Waals surface area (Å²) in [5.41, 5.74) is 0.0702. The molecule has 0 radical (unpaired) electrons. The highest BCUT2D eigenvalue weighted by Crippen LogP contribution is 2.33. The topological polar surface area (TPSA) is 98.1 Å². The molecule has 2 aromatic heterocycles. The predicted octanol–water partition coefficient (Wildman–Crippen LogP) is 4.48. The van der Waals surface area contributed by atoms with Crippen molar-refractivity contribution >= 4 is 32.2 Å². The molecule has 0 aliphatic heterocycles. The van der Waals surface area contributed by atoms with E-state index in [4.69, 9.17) is 0 Å². The van der Waals surface area contributed by atoms with E-state index >= 15 is 0 Å². The van der Waals surface area contributed by atoms with Gasteiger partial charge in [-0.15, -0.1) is 11.3 Å². The van der Waals surface area contributed by atoms with Crippen molar-refractivity contribution in [3.8, 4) is 0 Å². The number of carbonyl (C=O) groups excluding carboxylic acids is 1. The fraction of sp³-hybridized carbons (Fsp3) is 0.609. The van der Waals surface area contributed by atoms with Gasteiger partial charge in [-0.05, 0) is 38.2 Å². The van der Waals surface area contributed by atoms with E-state index < -0.39 is 26.7 Å². The minimum Gasteiger partial charge on any atom is -0.300 e. The van der Waals surface area contributed by atoms with Crippen molar-refractivity contribution in [2.45, 2.75) is 87.3 Å². The van der Waals surface area contributed by atoms with Gasteiger partial charge in [0, 0.05) is 23.3 Å². The van der Waals surface area contributed by atoms with Gasteiger partial charge in [-0.1, -0.05) is 44.9 Å². The third-order valence-electron chi connectivity index (χ3n) is 6.86. The molecule has 0 saturated heterocycles. The summed E-state index contributed by atoms with van der Waals surface area (Å²) in [6, 6.07) is 2.09. The third-order valence-corrected chi connectivity index (χ3v) is 9.79. The summed E-state index contributed by atoms with van der Waals surface area (Å²) in [4.78, 5) is 30.7. The van der Waals surface area contributed by atoms with Crippen molar-refractivity contribution in [3.63, 3.8) is 0 Å². The quantitative estimate of drug-likeness (QED) is 0.634. The number of aryl methyl sites for hydroxylation is 1. The number of amides is 1. The van der Waals surface area contributed by atoms with Gasteiger partial charge in [0.2, 0.25) is 5.91 Å². The Morgan fingerprint density at radius 2 is 1.84 bits per heavy atom. The molecular weight excluding hydrogens is 446 g/mol. The Kier molecular flexibility index (Phi) is 7.14. The summed E-state index contributed by atoms with van der Waals surface area (Å²) < 4.78 is 27.6. The molecule has 1 amide bonds. The normalized spacial score (nSPS) is 19.2. The van der Waals surface area contributed by atoms with Gasteiger partial charge in [0.05, 0.1) is 10.1 Å². The van der Waals surface area contributed by atoms with E-state index in [9.17, 15) is 18.0 Å². The standard InChI is InChI=1S/C23H31N3O4S2/c1-16-13-19(32(29,30)18-9-5-6-10-18)15-21(27)26(16)20(14-17-7-3-2-4-8-17)22(28)25-23-24-11-12-31-23/h11-13,15,17-18,20H,2-10,14H2,1H3,(H,24,25,28)/t20-/m0/s1. The minimum atomic E-state index is -3.54. The SMILES string of the molecule is Cc1cc(S(=O)(=O)C2CCCC2)cc(=O)n1[C@@H](CC1CCCCC1)C(=O)Nc1nccs1. The number of rotatable bonds is 7. The van der Waals surface area contributed by atoms with Crippen LogP contribution in [-0.4, -0.2) is 29.1 Å². The molecule has 2 aliphatic carbocycles. The molecule has 2 aromatic rings. The van der Waals surface area contributed by atoms with Crippen LogP contribution in [0.3, 0.4) is 0 Å². The predicted molar refractivity (Wildman–Crippen MR) is 126 cm³/mol. The molecule has 2 heterocycles. The number of pyridine rings is 1. The van der Waals surface area contributed by atoms with Gasteiger partial charge in [-0.3, -0.25) is 9.59 Å². The van der Waals surface area contributed by atoms with Gasteiger partial charge < -0.3 is 9.88 Å². The zero-order valence-electron chi connectivity index (χ0n) is 18.5. The Morgan fingerprint density at radius 3 is 2.47 bits per heavy atom. The fourth-order valence-electron chi connectivity index (χ4n) is 5.18. The molecule has 4 rings (SSSR count). The Morgan fingerprint density at radius 1 is 1.16 bits per heavy atom. The smallest absolute Gasteiger partial charge is 0.252 e. The van der Waals surface area contributed by atoms with Crippen molar-refractivity contribution < 1.29 is 13.2 Å². The van der Waals surface area contributed by atoms with Gasteiger partial charge in [0.1, 0.15) is 6.04 Å². The van der Waals surface area contributed by atoms with Crippen LogP contribution in [0.5, 0.6) is 0 Å². The second kappa shape index (κ2) is 9.87. The molecule has 9 heteroatoms. The highest BCUT2D eigenvalue weighted by Gasteiger charge is 2.33. The van der Waals surface area contributed by atoms with E-state index in [1.54, 1.807) is 24.6 Å². The molecule has 2 saturated carbocycles. The average molecular weight is 478 g/mol. The number of carbonyl (C=O) groups is 1. The fourth-order valence-corrected chi connectivity index (χ4v) is 7.65. The van der Waals surface area contributed by atoms with Gasteiger partial charge in [-0.25, -0.2) is 13.4 Å². The first kappa shape index (κ1) is 23.2. The van der Waals surface area contributed by atoms with E-state index in [0.29, 0.717) is 36.0 Å². The third kappa shape index (κ3) is 4.98. The molecule has 0 aromatic carbocycles.